The van der Waals surface area contributed by atoms with Gasteiger partial charge in [-0.3, -0.25) is 9.05 Å². The summed E-state index contributed by atoms with van der Waals surface area (Å²) >= 11 is 42.6. The van der Waals surface area contributed by atoms with E-state index in [1.807, 2.05) is 0 Å². The molecule has 0 unspecified atom stereocenters. The van der Waals surface area contributed by atoms with Gasteiger partial charge in [0.2, 0.25) is 10.0 Å². The molecular weight excluding hydrogens is 427 g/mol. The molecule has 17 heavy (non-hydrogen) atoms. The van der Waals surface area contributed by atoms with Gasteiger partial charge in [-0.15, -0.1) is 0 Å². The van der Waals surface area contributed by atoms with Crippen LogP contribution in [0.4, 0.5) is 0 Å². The van der Waals surface area contributed by atoms with Gasteiger partial charge < -0.3 is 0 Å². The van der Waals surface area contributed by atoms with Crippen molar-refractivity contribution >= 4 is 101 Å². The number of halogens is 8. The zero-order valence-electron chi connectivity index (χ0n) is 7.34. The molecule has 13 heteroatoms. The van der Waals surface area contributed by atoms with Crippen molar-refractivity contribution in [2.24, 2.45) is 0 Å². The molecule has 0 aromatic rings. The summed E-state index contributed by atoms with van der Waals surface area (Å²) in [6.07, 6.45) is 0. The van der Waals surface area contributed by atoms with E-state index in [1.165, 1.54) is 0 Å². The standard InChI is InChI=1S/C4H3Cl8O4P/c5-1(6)4(11,12)16-17(13,14-2(7)8)15-3(9)10/h1-3H. The van der Waals surface area contributed by atoms with Gasteiger partial charge in [0.1, 0.15) is 0 Å². The molecule has 0 aliphatic rings. The van der Waals surface area contributed by atoms with Crippen LogP contribution in [0.5, 0.6) is 0 Å². The lowest BCUT2D eigenvalue weighted by Crippen LogP contribution is -2.26. The van der Waals surface area contributed by atoms with E-state index in [1.54, 1.807) is 0 Å². The van der Waals surface area contributed by atoms with Crippen LogP contribution in [0, 0.1) is 0 Å². The number of phosphoric ester groups is 1. The fourth-order valence-corrected chi connectivity index (χ4v) is 3.27. The zero-order valence-corrected chi connectivity index (χ0v) is 14.3. The Labute approximate surface area is 137 Å². The van der Waals surface area contributed by atoms with Gasteiger partial charge >= 0.3 is 7.82 Å². The Kier molecular flexibility index (Phi) is 9.16. The fraction of sp³-hybridized carbons (Fsp3) is 1.00. The van der Waals surface area contributed by atoms with Crippen LogP contribution in [0.1, 0.15) is 0 Å². The van der Waals surface area contributed by atoms with Gasteiger partial charge in [0.05, 0.1) is 0 Å². The van der Waals surface area contributed by atoms with E-state index < -0.39 is 27.2 Å². The highest BCUT2D eigenvalue weighted by atomic mass is 35.5. The third kappa shape index (κ3) is 8.34. The number of alkyl halides is 8. The minimum atomic E-state index is -4.47. The van der Waals surface area contributed by atoms with Gasteiger partial charge in [0, 0.05) is 0 Å². The molecule has 0 spiro atoms. The van der Waals surface area contributed by atoms with Crippen molar-refractivity contribution in [1.82, 2.24) is 0 Å². The topological polar surface area (TPSA) is 44.8 Å². The Hall–Kier alpha value is 2.43. The SMILES string of the molecule is O=P(OC(Cl)Cl)(OC(Cl)Cl)OC(Cl)(Cl)C(Cl)Cl. The van der Waals surface area contributed by atoms with Crippen LogP contribution in [0.3, 0.4) is 0 Å². The van der Waals surface area contributed by atoms with Gasteiger partial charge in [0.15, 0.2) is 4.84 Å². The van der Waals surface area contributed by atoms with Gasteiger partial charge in [-0.05, 0) is 0 Å². The molecule has 0 N–H and O–H groups in total. The summed E-state index contributed by atoms with van der Waals surface area (Å²) < 4.78 is 22.9. The Morgan fingerprint density at radius 1 is 0.882 bits per heavy atom. The first-order valence-corrected chi connectivity index (χ1v) is 8.22. The third-order valence-electron chi connectivity index (χ3n) is 0.905. The van der Waals surface area contributed by atoms with Crippen LogP contribution in [0.25, 0.3) is 0 Å². The maximum absolute atomic E-state index is 11.9. The molecule has 0 aliphatic carbocycles. The largest absolute Gasteiger partial charge is 0.482 e. The van der Waals surface area contributed by atoms with E-state index in [0.29, 0.717) is 0 Å². The lowest BCUT2D eigenvalue weighted by Gasteiger charge is -2.26. The van der Waals surface area contributed by atoms with Gasteiger partial charge in [-0.1, -0.05) is 92.8 Å². The van der Waals surface area contributed by atoms with E-state index in [9.17, 15) is 4.57 Å². The average Bonchev–Trinajstić information content (AvgIpc) is 1.96. The molecule has 104 valence electrons. The summed E-state index contributed by atoms with van der Waals surface area (Å²) in [7, 11) is -4.47. The van der Waals surface area contributed by atoms with Crippen LogP contribution in [0.2, 0.25) is 0 Å². The third-order valence-corrected chi connectivity index (χ3v) is 5.08. The number of hydrogen-bond donors (Lipinski definition) is 0. The van der Waals surface area contributed by atoms with E-state index in [4.69, 9.17) is 92.8 Å². The first-order valence-electron chi connectivity index (χ1n) is 3.38. The maximum Gasteiger partial charge on any atom is 0.482 e. The van der Waals surface area contributed by atoms with Crippen molar-refractivity contribution < 1.29 is 18.1 Å². The second-order valence-corrected chi connectivity index (χ2v) is 8.08. The van der Waals surface area contributed by atoms with E-state index in [-0.39, 0.29) is 0 Å². The van der Waals surface area contributed by atoms with Crippen molar-refractivity contribution in [2.75, 3.05) is 0 Å². The molecule has 0 aromatic heterocycles. The van der Waals surface area contributed by atoms with Crippen LogP contribution in [-0.4, -0.2) is 19.4 Å². The molecule has 0 atom stereocenters. The minimum absolute atomic E-state index is 1.49. The summed E-state index contributed by atoms with van der Waals surface area (Å²) in [6.45, 7) is 0. The van der Waals surface area contributed by atoms with Crippen molar-refractivity contribution in [1.29, 1.82) is 0 Å². The molecule has 4 nitrogen and oxygen atoms in total. The quantitative estimate of drug-likeness (QED) is 0.390. The summed E-state index contributed by atoms with van der Waals surface area (Å²) in [4.78, 5) is -1.49. The van der Waals surface area contributed by atoms with Crippen molar-refractivity contribution in [3.05, 3.63) is 0 Å². The Bertz CT molecular complexity index is 269. The number of rotatable bonds is 7. The van der Waals surface area contributed by atoms with Crippen molar-refractivity contribution in [3.63, 3.8) is 0 Å². The highest BCUT2D eigenvalue weighted by Crippen LogP contribution is 2.59. The van der Waals surface area contributed by atoms with E-state index in [0.717, 1.165) is 0 Å². The van der Waals surface area contributed by atoms with Crippen molar-refractivity contribution in [2.45, 2.75) is 19.4 Å². The first-order chi connectivity index (χ1) is 7.48. The zero-order chi connectivity index (χ0) is 13.9. The second-order valence-electron chi connectivity index (χ2n) is 2.13. The maximum atomic E-state index is 11.9. The molecule has 0 aromatic carbocycles. The molecule has 0 amide bonds. The molecule has 0 bridgehead atoms. The van der Waals surface area contributed by atoms with Gasteiger partial charge in [-0.25, -0.2) is 9.09 Å². The molecule has 0 fully saturated rings. The molecular formula is C4H3Cl8O4P. The predicted octanol–water partition coefficient (Wildman–Crippen LogP) is 5.60. The summed E-state index contributed by atoms with van der Waals surface area (Å²) in [6, 6.07) is 0. The minimum Gasteiger partial charge on any atom is -0.252 e. The summed E-state index contributed by atoms with van der Waals surface area (Å²) in [5.74, 6) is 0. The monoisotopic (exact) mass is 426 g/mol. The lowest BCUT2D eigenvalue weighted by molar-refractivity contribution is 0.105. The number of hydrogen-bond acceptors (Lipinski definition) is 4. The fourth-order valence-electron chi connectivity index (χ4n) is 0.452. The van der Waals surface area contributed by atoms with Crippen molar-refractivity contribution in [3.8, 4) is 0 Å². The van der Waals surface area contributed by atoms with E-state index >= 15 is 0 Å². The van der Waals surface area contributed by atoms with Gasteiger partial charge in [-0.2, -0.15) is 0 Å². The highest BCUT2D eigenvalue weighted by Gasteiger charge is 2.45. The Morgan fingerprint density at radius 3 is 1.47 bits per heavy atom. The Morgan fingerprint density at radius 2 is 1.24 bits per heavy atom. The molecule has 0 heterocycles. The lowest BCUT2D eigenvalue weighted by atomic mass is 10.8. The Balaban J connectivity index is 4.88. The normalized spacial score (nSPS) is 14.1. The summed E-state index contributed by atoms with van der Waals surface area (Å²) in [5.41, 5.74) is 0. The average molecular weight is 430 g/mol. The van der Waals surface area contributed by atoms with Crippen LogP contribution >= 0.6 is 101 Å². The molecule has 0 saturated heterocycles. The van der Waals surface area contributed by atoms with Crippen LogP contribution < -0.4 is 0 Å². The predicted molar refractivity (Wildman–Crippen MR) is 71.8 cm³/mol. The molecule has 0 rings (SSSR count). The smallest absolute Gasteiger partial charge is 0.252 e. The van der Waals surface area contributed by atoms with Crippen LogP contribution in [-0.2, 0) is 18.1 Å². The van der Waals surface area contributed by atoms with Crippen LogP contribution in [0.15, 0.2) is 0 Å². The molecule has 0 saturated carbocycles. The van der Waals surface area contributed by atoms with E-state index in [2.05, 4.69) is 13.6 Å². The number of phosphoric acid groups is 1. The summed E-state index contributed by atoms with van der Waals surface area (Å²) in [5, 5.41) is -3.16. The first kappa shape index (κ1) is 19.4. The second kappa shape index (κ2) is 8.02. The molecule has 0 aliphatic heterocycles. The highest BCUT2D eigenvalue weighted by molar-refractivity contribution is 7.49. The van der Waals surface area contributed by atoms with Gasteiger partial charge in [0.25, 0.3) is 4.52 Å². The molecule has 0 radical (unpaired) electrons.